The van der Waals surface area contributed by atoms with E-state index in [4.69, 9.17) is 0 Å². The molecule has 3 N–H and O–H groups in total. The zero-order valence-corrected chi connectivity index (χ0v) is 29.7. The lowest BCUT2D eigenvalue weighted by atomic mass is 9.95. The van der Waals surface area contributed by atoms with Crippen molar-refractivity contribution < 1.29 is 32.3 Å². The van der Waals surface area contributed by atoms with Crippen LogP contribution in [0.15, 0.2) is 24.3 Å². The first-order chi connectivity index (χ1) is 24.1. The number of ketones is 1. The number of alkyl halides is 3. The summed E-state index contributed by atoms with van der Waals surface area (Å²) in [5, 5.41) is 14.4. The first-order valence-electron chi connectivity index (χ1n) is 17.8. The minimum Gasteiger partial charge on any atom is -0.385 e. The van der Waals surface area contributed by atoms with Crippen LogP contribution in [0.2, 0.25) is 0 Å². The number of nitrogens with zero attached hydrogens (tertiary/aromatic N) is 4. The third-order valence-electron chi connectivity index (χ3n) is 10.8. The number of hydrogen-bond acceptors (Lipinski definition) is 7. The lowest BCUT2D eigenvalue weighted by Gasteiger charge is -2.28. The topological polar surface area (TPSA) is 138 Å². The number of hydrogen-bond donors (Lipinski definition) is 3. The maximum atomic E-state index is 14.5. The fraction of sp³-hybridized carbons (Fsp3) is 0.568. The molecule has 0 spiro atoms. The molecule has 274 valence electrons. The van der Waals surface area contributed by atoms with Crippen LogP contribution in [0.5, 0.6) is 0 Å². The fourth-order valence-electron chi connectivity index (χ4n) is 7.96. The van der Waals surface area contributed by atoms with E-state index >= 15 is 0 Å². The molecule has 14 heteroatoms. The number of aromatic nitrogens is 3. The summed E-state index contributed by atoms with van der Waals surface area (Å²) >= 11 is 0. The molecule has 1 aromatic carbocycles. The Bertz CT molecular complexity index is 1870. The van der Waals surface area contributed by atoms with Crippen molar-refractivity contribution in [3.05, 3.63) is 46.8 Å². The second-order valence-electron chi connectivity index (χ2n) is 14.9. The predicted molar refractivity (Wildman–Crippen MR) is 186 cm³/mol. The molecule has 4 heterocycles. The zero-order chi connectivity index (χ0) is 36.8. The Hall–Kier alpha value is -4.49. The van der Waals surface area contributed by atoms with Crippen LogP contribution in [-0.2, 0) is 33.5 Å². The number of nitrogens with one attached hydrogen (secondary N) is 3. The van der Waals surface area contributed by atoms with Gasteiger partial charge in [0.1, 0.15) is 29.8 Å². The number of piperidine rings is 1. The summed E-state index contributed by atoms with van der Waals surface area (Å²) in [5.74, 6) is -1.31. The molecule has 1 saturated heterocycles. The molecule has 4 atom stereocenters. The normalized spacial score (nSPS) is 24.3. The Morgan fingerprint density at radius 3 is 2.51 bits per heavy atom. The molecule has 3 aromatic rings. The fourth-order valence-corrected chi connectivity index (χ4v) is 7.96. The minimum atomic E-state index is -4.71. The monoisotopic (exact) mass is 709 g/mol. The number of amides is 3. The van der Waals surface area contributed by atoms with Crippen LogP contribution in [0.1, 0.15) is 93.5 Å². The summed E-state index contributed by atoms with van der Waals surface area (Å²) in [6.45, 7) is 9.91. The van der Waals surface area contributed by atoms with Crippen LogP contribution in [0, 0.1) is 24.2 Å². The molecular weight excluding hydrogens is 663 g/mol. The molecule has 0 radical (unpaired) electrons. The standard InChI is InChI=1S/C37H46F3N7O4/c1-20(2)17-41-25-14-24-10-8-6-7-9-11-29(49)42-19-36-16-27(35(51)44-34-21(3)12-13-28(43-34)37(38,39)40)47(33(36)22(36)4)30(50)18-46-32(24)26(15-25)31(45-46)23(5)48/h12-15,20,22,27,33,41H,6-11,16-19H2,1-5H3,(H,42,49)(H,43,44,51)/t22-,27-,33+,36+/m0/s1. The average Bonchev–Trinajstić information content (AvgIpc) is 3.33. The lowest BCUT2D eigenvalue weighted by molar-refractivity contribution is -0.141. The van der Waals surface area contributed by atoms with Gasteiger partial charge in [0.25, 0.3) is 0 Å². The number of carbonyl (C=O) groups is 4. The van der Waals surface area contributed by atoms with Gasteiger partial charge in [0, 0.05) is 49.0 Å². The summed E-state index contributed by atoms with van der Waals surface area (Å²) in [5.41, 5.74) is 1.33. The SMILES string of the molecule is CC(=O)c1nn2c3c(cc(NCC(C)C)cc13)CCCCCCC(=O)NC[C@@]13C[C@@H](C(=O)Nc4nc(C(F)(F)F)ccc4C)N(C(=O)C2)[C@@H]1[C@@H]3C. The van der Waals surface area contributed by atoms with Gasteiger partial charge in [-0.05, 0) is 73.8 Å². The van der Waals surface area contributed by atoms with Crippen LogP contribution in [0.3, 0.4) is 0 Å². The van der Waals surface area contributed by atoms with Crippen LogP contribution >= 0.6 is 0 Å². The largest absolute Gasteiger partial charge is 0.433 e. The first-order valence-corrected chi connectivity index (χ1v) is 17.8. The van der Waals surface area contributed by atoms with Crippen molar-refractivity contribution in [2.75, 3.05) is 23.7 Å². The van der Waals surface area contributed by atoms with Gasteiger partial charge in [0.15, 0.2) is 5.78 Å². The van der Waals surface area contributed by atoms with Gasteiger partial charge in [-0.2, -0.15) is 18.3 Å². The van der Waals surface area contributed by atoms with Gasteiger partial charge in [-0.15, -0.1) is 0 Å². The number of anilines is 2. The molecule has 51 heavy (non-hydrogen) atoms. The van der Waals surface area contributed by atoms with Crippen molar-refractivity contribution in [3.63, 3.8) is 0 Å². The number of halogens is 3. The van der Waals surface area contributed by atoms with Crippen molar-refractivity contribution in [2.45, 2.75) is 104 Å². The molecule has 3 amide bonds. The van der Waals surface area contributed by atoms with Gasteiger partial charge < -0.3 is 20.9 Å². The van der Waals surface area contributed by atoms with Crippen molar-refractivity contribution in [3.8, 4) is 0 Å². The number of aryl methyl sites for hydroxylation is 2. The van der Waals surface area contributed by atoms with Crippen LogP contribution in [-0.4, -0.2) is 68.3 Å². The molecule has 0 unspecified atom stereocenters. The van der Waals surface area contributed by atoms with Crippen molar-refractivity contribution in [1.29, 1.82) is 0 Å². The van der Waals surface area contributed by atoms with E-state index in [0.717, 1.165) is 43.1 Å². The van der Waals surface area contributed by atoms with Crippen molar-refractivity contribution in [2.24, 2.45) is 17.3 Å². The second kappa shape index (κ2) is 13.9. The number of carbonyl (C=O) groups excluding carboxylic acids is 4. The Morgan fingerprint density at radius 2 is 1.82 bits per heavy atom. The molecule has 3 aliphatic rings. The van der Waals surface area contributed by atoms with E-state index in [2.05, 4.69) is 39.9 Å². The summed E-state index contributed by atoms with van der Waals surface area (Å²) < 4.78 is 42.1. The third kappa shape index (κ3) is 7.18. The van der Waals surface area contributed by atoms with E-state index in [1.54, 1.807) is 11.6 Å². The highest BCUT2D eigenvalue weighted by molar-refractivity contribution is 6.07. The molecule has 2 aliphatic heterocycles. The Kier molecular flexibility index (Phi) is 9.90. The summed E-state index contributed by atoms with van der Waals surface area (Å²) in [7, 11) is 0. The van der Waals surface area contributed by atoms with Gasteiger partial charge in [0.05, 0.1) is 5.52 Å². The van der Waals surface area contributed by atoms with Gasteiger partial charge in [-0.25, -0.2) is 4.98 Å². The van der Waals surface area contributed by atoms with E-state index in [-0.39, 0.29) is 48.6 Å². The van der Waals surface area contributed by atoms with Gasteiger partial charge in [-0.3, -0.25) is 23.9 Å². The summed E-state index contributed by atoms with van der Waals surface area (Å²) in [4.78, 5) is 59.5. The molecule has 11 nitrogen and oxygen atoms in total. The molecule has 2 aromatic heterocycles. The van der Waals surface area contributed by atoms with E-state index < -0.39 is 41.2 Å². The van der Waals surface area contributed by atoms with E-state index in [0.29, 0.717) is 41.6 Å². The van der Waals surface area contributed by atoms with Gasteiger partial charge in [-0.1, -0.05) is 39.7 Å². The quantitative estimate of drug-likeness (QED) is 0.271. The molecule has 1 aliphatic carbocycles. The number of Topliss-reactive ketones (excluding diaryl/α,β-unsaturated/α-hetero) is 1. The lowest BCUT2D eigenvalue weighted by Crippen LogP contribution is -2.47. The van der Waals surface area contributed by atoms with Crippen molar-refractivity contribution >= 4 is 45.9 Å². The summed E-state index contributed by atoms with van der Waals surface area (Å²) in [6, 6.07) is 4.61. The molecular formula is C37H46F3N7O4. The highest BCUT2D eigenvalue weighted by Crippen LogP contribution is 2.64. The number of pyridine rings is 1. The molecule has 1 saturated carbocycles. The smallest absolute Gasteiger partial charge is 0.385 e. The Morgan fingerprint density at radius 1 is 1.10 bits per heavy atom. The number of benzene rings is 1. The molecule has 2 fully saturated rings. The van der Waals surface area contributed by atoms with Gasteiger partial charge >= 0.3 is 6.18 Å². The highest BCUT2D eigenvalue weighted by Gasteiger charge is 2.72. The summed E-state index contributed by atoms with van der Waals surface area (Å²) in [6.07, 6.45) is -0.164. The van der Waals surface area contributed by atoms with E-state index in [1.165, 1.54) is 17.9 Å². The van der Waals surface area contributed by atoms with Crippen LogP contribution in [0.25, 0.3) is 10.9 Å². The second-order valence-corrected chi connectivity index (χ2v) is 14.9. The predicted octanol–water partition coefficient (Wildman–Crippen LogP) is 5.90. The van der Waals surface area contributed by atoms with E-state index in [9.17, 15) is 32.3 Å². The van der Waals surface area contributed by atoms with E-state index in [1.807, 2.05) is 19.1 Å². The molecule has 6 rings (SSSR count). The van der Waals surface area contributed by atoms with Crippen LogP contribution in [0.4, 0.5) is 24.7 Å². The van der Waals surface area contributed by atoms with Crippen molar-refractivity contribution in [1.82, 2.24) is 25.0 Å². The Labute approximate surface area is 295 Å². The van der Waals surface area contributed by atoms with Crippen LogP contribution < -0.4 is 16.0 Å². The van der Waals surface area contributed by atoms with Gasteiger partial charge in [0.2, 0.25) is 17.7 Å². The third-order valence-corrected chi connectivity index (χ3v) is 10.8. The maximum absolute atomic E-state index is 14.5. The minimum absolute atomic E-state index is 0.0506. The number of rotatable bonds is 6. The highest BCUT2D eigenvalue weighted by atomic mass is 19.4. The maximum Gasteiger partial charge on any atom is 0.433 e. The molecule has 2 bridgehead atoms. The Balaban J connectivity index is 1.40. The first kappa shape index (κ1) is 36.3. The zero-order valence-electron chi connectivity index (χ0n) is 29.7. The average molecular weight is 710 g/mol.